The van der Waals surface area contributed by atoms with E-state index in [1.165, 1.54) is 0 Å². The summed E-state index contributed by atoms with van der Waals surface area (Å²) < 4.78 is 0. The fourth-order valence-electron chi connectivity index (χ4n) is 1.01. The fourth-order valence-corrected chi connectivity index (χ4v) is 1.01. The van der Waals surface area contributed by atoms with Gasteiger partial charge in [-0.05, 0) is 20.8 Å². The number of imidazole rings is 1. The Bertz CT molecular complexity index is 288. The van der Waals surface area contributed by atoms with Gasteiger partial charge in [0.2, 0.25) is 0 Å². The van der Waals surface area contributed by atoms with Crippen molar-refractivity contribution in [2.45, 2.75) is 20.8 Å². The van der Waals surface area contributed by atoms with Gasteiger partial charge in [-0.1, -0.05) is 5.16 Å². The molecule has 1 aromatic rings. The van der Waals surface area contributed by atoms with E-state index >= 15 is 0 Å². The summed E-state index contributed by atoms with van der Waals surface area (Å²) in [6.07, 6.45) is 0. The Morgan fingerprint density at radius 2 is 2.18 bits per heavy atom. The molecule has 0 bridgehead atoms. The third-order valence-electron chi connectivity index (χ3n) is 1.50. The molecule has 4 nitrogen and oxygen atoms in total. The van der Waals surface area contributed by atoms with Gasteiger partial charge < -0.3 is 10.2 Å². The minimum Gasteiger partial charge on any atom is -0.411 e. The van der Waals surface area contributed by atoms with Gasteiger partial charge in [-0.2, -0.15) is 0 Å². The van der Waals surface area contributed by atoms with Crippen LogP contribution in [-0.2, 0) is 0 Å². The van der Waals surface area contributed by atoms with Crippen molar-refractivity contribution in [1.82, 2.24) is 9.97 Å². The predicted octanol–water partition coefficient (Wildman–Crippen LogP) is 1.22. The van der Waals surface area contributed by atoms with Crippen LogP contribution >= 0.6 is 0 Å². The number of oxime groups is 1. The molecule has 1 aromatic heterocycles. The zero-order valence-corrected chi connectivity index (χ0v) is 6.84. The Balaban J connectivity index is 3.13. The lowest BCUT2D eigenvalue weighted by Gasteiger charge is -1.91. The molecule has 0 saturated heterocycles. The second-order valence-corrected chi connectivity index (χ2v) is 2.48. The first-order chi connectivity index (χ1) is 5.15. The summed E-state index contributed by atoms with van der Waals surface area (Å²) in [5, 5.41) is 11.5. The average molecular weight is 153 g/mol. The molecule has 0 aliphatic rings. The molecular formula is C7H11N3O. The summed E-state index contributed by atoms with van der Waals surface area (Å²) in [6, 6.07) is 0. The topological polar surface area (TPSA) is 61.3 Å². The number of nitrogens with one attached hydrogen (secondary N) is 1. The summed E-state index contributed by atoms with van der Waals surface area (Å²) in [7, 11) is 0. The maximum atomic E-state index is 8.46. The van der Waals surface area contributed by atoms with Gasteiger partial charge in [0.05, 0.1) is 0 Å². The van der Waals surface area contributed by atoms with E-state index in [-0.39, 0.29) is 0 Å². The minimum absolute atomic E-state index is 0.534. The quantitative estimate of drug-likeness (QED) is 0.362. The van der Waals surface area contributed by atoms with E-state index in [0.717, 1.165) is 17.2 Å². The molecule has 0 aliphatic heterocycles. The molecule has 0 aliphatic carbocycles. The Morgan fingerprint density at radius 3 is 2.55 bits per heavy atom. The first-order valence-corrected chi connectivity index (χ1v) is 3.37. The number of nitrogens with zero attached hydrogens (tertiary/aromatic N) is 2. The number of aromatic amines is 1. The molecule has 0 radical (unpaired) electrons. The lowest BCUT2D eigenvalue weighted by atomic mass is 10.2. The van der Waals surface area contributed by atoms with Crippen LogP contribution < -0.4 is 0 Å². The Kier molecular flexibility index (Phi) is 1.94. The Hall–Kier alpha value is -1.32. The van der Waals surface area contributed by atoms with Crippen LogP contribution in [0.2, 0.25) is 0 Å². The molecule has 4 heteroatoms. The molecule has 0 atom stereocenters. The third-order valence-corrected chi connectivity index (χ3v) is 1.50. The number of H-pyrrole nitrogens is 1. The van der Waals surface area contributed by atoms with E-state index in [1.54, 1.807) is 6.92 Å². The SMILES string of the molecule is CC(=NO)c1nc(C)[nH]c1C. The van der Waals surface area contributed by atoms with Crippen LogP contribution in [-0.4, -0.2) is 20.9 Å². The highest BCUT2D eigenvalue weighted by molar-refractivity contribution is 5.97. The van der Waals surface area contributed by atoms with Crippen molar-refractivity contribution < 1.29 is 5.21 Å². The molecular weight excluding hydrogens is 142 g/mol. The van der Waals surface area contributed by atoms with Gasteiger partial charge in [-0.25, -0.2) is 4.98 Å². The summed E-state index contributed by atoms with van der Waals surface area (Å²) >= 11 is 0. The van der Waals surface area contributed by atoms with Gasteiger partial charge >= 0.3 is 0 Å². The molecule has 11 heavy (non-hydrogen) atoms. The monoisotopic (exact) mass is 153 g/mol. The summed E-state index contributed by atoms with van der Waals surface area (Å²) in [6.45, 7) is 5.47. The molecule has 0 saturated carbocycles. The highest BCUT2D eigenvalue weighted by Crippen LogP contribution is 2.04. The lowest BCUT2D eigenvalue weighted by molar-refractivity contribution is 0.319. The largest absolute Gasteiger partial charge is 0.411 e. The molecule has 60 valence electrons. The predicted molar refractivity (Wildman–Crippen MR) is 42.1 cm³/mol. The maximum Gasteiger partial charge on any atom is 0.109 e. The van der Waals surface area contributed by atoms with E-state index < -0.39 is 0 Å². The average Bonchev–Trinajstić information content (AvgIpc) is 2.28. The van der Waals surface area contributed by atoms with Gasteiger partial charge in [0.25, 0.3) is 0 Å². The van der Waals surface area contributed by atoms with Gasteiger partial charge in [0.15, 0.2) is 0 Å². The van der Waals surface area contributed by atoms with E-state index in [4.69, 9.17) is 5.21 Å². The van der Waals surface area contributed by atoms with Crippen LogP contribution in [0.5, 0.6) is 0 Å². The van der Waals surface area contributed by atoms with Crippen LogP contribution in [0.3, 0.4) is 0 Å². The van der Waals surface area contributed by atoms with E-state index in [2.05, 4.69) is 15.1 Å². The van der Waals surface area contributed by atoms with E-state index in [0.29, 0.717) is 5.71 Å². The summed E-state index contributed by atoms with van der Waals surface area (Å²) in [5.74, 6) is 0.834. The van der Waals surface area contributed by atoms with Crippen molar-refractivity contribution in [2.75, 3.05) is 0 Å². The summed E-state index contributed by atoms with van der Waals surface area (Å²) in [4.78, 5) is 7.15. The van der Waals surface area contributed by atoms with E-state index in [9.17, 15) is 0 Å². The molecule has 0 aromatic carbocycles. The zero-order valence-electron chi connectivity index (χ0n) is 6.84. The molecule has 0 spiro atoms. The molecule has 0 amide bonds. The highest BCUT2D eigenvalue weighted by Gasteiger charge is 2.06. The van der Waals surface area contributed by atoms with Crippen molar-refractivity contribution in [3.05, 3.63) is 17.2 Å². The van der Waals surface area contributed by atoms with Crippen molar-refractivity contribution in [3.63, 3.8) is 0 Å². The molecule has 1 heterocycles. The van der Waals surface area contributed by atoms with Crippen molar-refractivity contribution in [1.29, 1.82) is 0 Å². The highest BCUT2D eigenvalue weighted by atomic mass is 16.4. The maximum absolute atomic E-state index is 8.46. The number of aryl methyl sites for hydroxylation is 2. The van der Waals surface area contributed by atoms with Crippen LogP contribution in [0.15, 0.2) is 5.16 Å². The Morgan fingerprint density at radius 1 is 1.55 bits per heavy atom. The lowest BCUT2D eigenvalue weighted by Crippen LogP contribution is -1.97. The second kappa shape index (κ2) is 2.74. The molecule has 2 N–H and O–H groups in total. The molecule has 1 rings (SSSR count). The zero-order chi connectivity index (χ0) is 8.43. The van der Waals surface area contributed by atoms with Crippen LogP contribution in [0.25, 0.3) is 0 Å². The second-order valence-electron chi connectivity index (χ2n) is 2.48. The van der Waals surface area contributed by atoms with Crippen LogP contribution in [0.4, 0.5) is 0 Å². The number of hydrogen-bond acceptors (Lipinski definition) is 3. The van der Waals surface area contributed by atoms with Crippen LogP contribution in [0.1, 0.15) is 24.1 Å². The third kappa shape index (κ3) is 1.39. The molecule has 0 fully saturated rings. The number of hydrogen-bond donors (Lipinski definition) is 2. The van der Waals surface area contributed by atoms with Crippen molar-refractivity contribution in [2.24, 2.45) is 5.16 Å². The first kappa shape index (κ1) is 7.78. The van der Waals surface area contributed by atoms with E-state index in [1.807, 2.05) is 13.8 Å². The number of aromatic nitrogens is 2. The summed E-state index contributed by atoms with van der Waals surface area (Å²) in [5.41, 5.74) is 2.19. The number of rotatable bonds is 1. The van der Waals surface area contributed by atoms with Crippen molar-refractivity contribution >= 4 is 5.71 Å². The standard InChI is InChI=1S/C7H11N3O/c1-4-7(5(2)10-11)9-6(3)8-4/h11H,1-3H3,(H,8,9). The molecule has 0 unspecified atom stereocenters. The van der Waals surface area contributed by atoms with Gasteiger partial charge in [0.1, 0.15) is 17.2 Å². The Labute approximate surface area is 65.0 Å². The van der Waals surface area contributed by atoms with Crippen LogP contribution in [0, 0.1) is 13.8 Å². The van der Waals surface area contributed by atoms with Gasteiger partial charge in [-0.3, -0.25) is 0 Å². The normalized spacial score (nSPS) is 12.1. The van der Waals surface area contributed by atoms with Gasteiger partial charge in [-0.15, -0.1) is 0 Å². The minimum atomic E-state index is 0.534. The fraction of sp³-hybridized carbons (Fsp3) is 0.429. The van der Waals surface area contributed by atoms with Crippen molar-refractivity contribution in [3.8, 4) is 0 Å². The first-order valence-electron chi connectivity index (χ1n) is 3.37. The van der Waals surface area contributed by atoms with Gasteiger partial charge in [0, 0.05) is 5.69 Å². The smallest absolute Gasteiger partial charge is 0.109 e.